The normalized spacial score (nSPS) is 8.18. The Balaban J connectivity index is 3.42. The van der Waals surface area contributed by atoms with Crippen LogP contribution in [0.1, 0.15) is 11.3 Å². The summed E-state index contributed by atoms with van der Waals surface area (Å²) in [5, 5.41) is 17.0. The molecule has 0 atom stereocenters. The second kappa shape index (κ2) is 2.68. The molecule has 0 amide bonds. The van der Waals surface area contributed by atoms with Crippen molar-refractivity contribution in [2.75, 3.05) is 5.73 Å². The predicted octanol–water partition coefficient (Wildman–Crippen LogP) is 0.407. The standard InChI is InChI=1S/C7H4N4/c8-3-5-6(10)1-2-11-7(5)4-9/h1-2H,(H2,10,11). The summed E-state index contributed by atoms with van der Waals surface area (Å²) >= 11 is 0. The Morgan fingerprint density at radius 3 is 2.55 bits per heavy atom. The maximum atomic E-state index is 8.51. The van der Waals surface area contributed by atoms with Crippen LogP contribution < -0.4 is 5.73 Å². The van der Waals surface area contributed by atoms with Crippen molar-refractivity contribution < 1.29 is 0 Å². The zero-order valence-corrected chi connectivity index (χ0v) is 5.57. The first-order chi connectivity index (χ1) is 5.29. The fraction of sp³-hybridized carbons (Fsp3) is 0. The smallest absolute Gasteiger partial charge is 0.160 e. The van der Waals surface area contributed by atoms with Crippen molar-refractivity contribution in [3.63, 3.8) is 0 Å². The van der Waals surface area contributed by atoms with Crippen LogP contribution >= 0.6 is 0 Å². The minimum Gasteiger partial charge on any atom is -0.398 e. The Labute approximate surface area is 63.5 Å². The molecule has 2 N–H and O–H groups in total. The van der Waals surface area contributed by atoms with Gasteiger partial charge in [0, 0.05) is 6.20 Å². The second-order valence-electron chi connectivity index (χ2n) is 1.85. The summed E-state index contributed by atoms with van der Waals surface area (Å²) in [6.45, 7) is 0. The third kappa shape index (κ3) is 1.10. The number of pyridine rings is 1. The molecule has 0 aliphatic rings. The molecule has 0 fully saturated rings. The number of nitrogen functional groups attached to an aromatic ring is 1. The van der Waals surface area contributed by atoms with E-state index in [1.807, 2.05) is 0 Å². The third-order valence-electron chi connectivity index (χ3n) is 1.20. The molecule has 52 valence electrons. The molecular formula is C7H4N4. The van der Waals surface area contributed by atoms with Crippen molar-refractivity contribution >= 4 is 5.69 Å². The molecule has 0 aliphatic heterocycles. The van der Waals surface area contributed by atoms with E-state index in [2.05, 4.69) is 4.98 Å². The van der Waals surface area contributed by atoms with Crippen LogP contribution in [0.3, 0.4) is 0 Å². The van der Waals surface area contributed by atoms with Crippen molar-refractivity contribution in [1.29, 1.82) is 10.5 Å². The summed E-state index contributed by atoms with van der Waals surface area (Å²) in [5.41, 5.74) is 5.91. The number of rotatable bonds is 0. The van der Waals surface area contributed by atoms with Gasteiger partial charge in [-0.15, -0.1) is 0 Å². The fourth-order valence-electron chi connectivity index (χ4n) is 0.679. The molecule has 0 spiro atoms. The van der Waals surface area contributed by atoms with E-state index >= 15 is 0 Å². The molecule has 0 saturated heterocycles. The van der Waals surface area contributed by atoms with Crippen LogP contribution in [0.2, 0.25) is 0 Å². The van der Waals surface area contributed by atoms with Crippen LogP contribution in [-0.2, 0) is 0 Å². The Hall–Kier alpha value is -2.07. The van der Waals surface area contributed by atoms with E-state index in [9.17, 15) is 0 Å². The lowest BCUT2D eigenvalue weighted by molar-refractivity contribution is 1.24. The largest absolute Gasteiger partial charge is 0.398 e. The van der Waals surface area contributed by atoms with Crippen LogP contribution in [0.15, 0.2) is 12.3 Å². The average molecular weight is 144 g/mol. The number of hydrogen-bond donors (Lipinski definition) is 1. The SMILES string of the molecule is N#Cc1nccc(N)c1C#N. The molecule has 0 bridgehead atoms. The van der Waals surface area contributed by atoms with E-state index in [4.69, 9.17) is 16.3 Å². The van der Waals surface area contributed by atoms with Crippen LogP contribution in [0.4, 0.5) is 5.69 Å². The highest BCUT2D eigenvalue weighted by molar-refractivity contribution is 5.58. The minimum atomic E-state index is 0.0764. The maximum absolute atomic E-state index is 8.51. The van der Waals surface area contributed by atoms with E-state index in [-0.39, 0.29) is 11.3 Å². The number of nitrogens with two attached hydrogens (primary N) is 1. The van der Waals surface area contributed by atoms with Gasteiger partial charge < -0.3 is 5.73 Å². The van der Waals surface area contributed by atoms with Crippen molar-refractivity contribution in [2.45, 2.75) is 0 Å². The molecule has 1 aromatic heterocycles. The van der Waals surface area contributed by atoms with Crippen molar-refractivity contribution in [1.82, 2.24) is 4.98 Å². The average Bonchev–Trinajstić information content (AvgIpc) is 2.04. The number of nitrogens with zero attached hydrogens (tertiary/aromatic N) is 3. The minimum absolute atomic E-state index is 0.0764. The van der Waals surface area contributed by atoms with Gasteiger partial charge in [-0.3, -0.25) is 0 Å². The number of aromatic nitrogens is 1. The van der Waals surface area contributed by atoms with Gasteiger partial charge in [-0.1, -0.05) is 0 Å². The zero-order valence-electron chi connectivity index (χ0n) is 5.57. The van der Waals surface area contributed by atoms with Gasteiger partial charge in [-0.05, 0) is 6.07 Å². The molecule has 1 rings (SSSR count). The quantitative estimate of drug-likeness (QED) is 0.571. The highest BCUT2D eigenvalue weighted by Gasteiger charge is 2.04. The van der Waals surface area contributed by atoms with Gasteiger partial charge in [0.15, 0.2) is 5.69 Å². The summed E-state index contributed by atoms with van der Waals surface area (Å²) in [4.78, 5) is 3.67. The topological polar surface area (TPSA) is 86.5 Å². The van der Waals surface area contributed by atoms with Gasteiger partial charge in [0.1, 0.15) is 17.7 Å². The number of nitriles is 2. The van der Waals surface area contributed by atoms with Gasteiger partial charge in [0.05, 0.1) is 5.69 Å². The fourth-order valence-corrected chi connectivity index (χ4v) is 0.679. The summed E-state index contributed by atoms with van der Waals surface area (Å²) in [7, 11) is 0. The van der Waals surface area contributed by atoms with Gasteiger partial charge in [-0.2, -0.15) is 10.5 Å². The van der Waals surface area contributed by atoms with Crippen LogP contribution in [0.25, 0.3) is 0 Å². The van der Waals surface area contributed by atoms with E-state index in [0.717, 1.165) is 0 Å². The number of anilines is 1. The van der Waals surface area contributed by atoms with Gasteiger partial charge in [0.25, 0.3) is 0 Å². The first-order valence-corrected chi connectivity index (χ1v) is 2.84. The van der Waals surface area contributed by atoms with E-state index in [1.54, 1.807) is 12.1 Å². The van der Waals surface area contributed by atoms with Crippen LogP contribution in [0.5, 0.6) is 0 Å². The molecule has 1 aromatic rings. The molecule has 0 radical (unpaired) electrons. The zero-order chi connectivity index (χ0) is 8.27. The lowest BCUT2D eigenvalue weighted by atomic mass is 10.2. The number of hydrogen-bond acceptors (Lipinski definition) is 4. The van der Waals surface area contributed by atoms with Gasteiger partial charge in [-0.25, -0.2) is 4.98 Å². The molecule has 0 unspecified atom stereocenters. The van der Waals surface area contributed by atoms with Crippen molar-refractivity contribution in [3.8, 4) is 12.1 Å². The Kier molecular flexibility index (Phi) is 1.71. The Morgan fingerprint density at radius 2 is 2.09 bits per heavy atom. The summed E-state index contributed by atoms with van der Waals surface area (Å²) in [6, 6.07) is 5.06. The van der Waals surface area contributed by atoms with Crippen molar-refractivity contribution in [3.05, 3.63) is 23.5 Å². The highest BCUT2D eigenvalue weighted by Crippen LogP contribution is 2.11. The first-order valence-electron chi connectivity index (χ1n) is 2.84. The maximum Gasteiger partial charge on any atom is 0.160 e. The van der Waals surface area contributed by atoms with Gasteiger partial charge >= 0.3 is 0 Å². The van der Waals surface area contributed by atoms with Crippen LogP contribution in [-0.4, -0.2) is 4.98 Å². The van der Waals surface area contributed by atoms with Gasteiger partial charge in [0.2, 0.25) is 0 Å². The molecular weight excluding hydrogens is 140 g/mol. The summed E-state index contributed by atoms with van der Waals surface area (Å²) in [5.74, 6) is 0. The summed E-state index contributed by atoms with van der Waals surface area (Å²) < 4.78 is 0. The molecule has 4 nitrogen and oxygen atoms in total. The van der Waals surface area contributed by atoms with E-state index in [0.29, 0.717) is 5.69 Å². The Morgan fingerprint density at radius 1 is 1.36 bits per heavy atom. The molecule has 11 heavy (non-hydrogen) atoms. The lowest BCUT2D eigenvalue weighted by Crippen LogP contribution is -1.95. The third-order valence-corrected chi connectivity index (χ3v) is 1.20. The van der Waals surface area contributed by atoms with Crippen molar-refractivity contribution in [2.24, 2.45) is 0 Å². The summed E-state index contributed by atoms with van der Waals surface area (Å²) in [6.07, 6.45) is 1.40. The highest BCUT2D eigenvalue weighted by atomic mass is 14.7. The molecule has 0 aromatic carbocycles. The Bertz CT molecular complexity index is 356. The van der Waals surface area contributed by atoms with Crippen LogP contribution in [0, 0.1) is 22.7 Å². The molecule has 1 heterocycles. The molecule has 4 heteroatoms. The molecule has 0 aliphatic carbocycles. The predicted molar refractivity (Wildman–Crippen MR) is 38.1 cm³/mol. The lowest BCUT2D eigenvalue weighted by Gasteiger charge is -1.95. The molecule has 0 saturated carbocycles. The second-order valence-corrected chi connectivity index (χ2v) is 1.85. The monoisotopic (exact) mass is 144 g/mol. The van der Waals surface area contributed by atoms with E-state index < -0.39 is 0 Å². The van der Waals surface area contributed by atoms with E-state index in [1.165, 1.54) is 12.3 Å². The first kappa shape index (κ1) is 7.04.